The van der Waals surface area contributed by atoms with Gasteiger partial charge in [0.2, 0.25) is 0 Å². The highest BCUT2D eigenvalue weighted by Gasteiger charge is 2.21. The van der Waals surface area contributed by atoms with Gasteiger partial charge in [-0.05, 0) is 48.7 Å². The van der Waals surface area contributed by atoms with Crippen LogP contribution < -0.4 is 5.32 Å². The number of carbonyl (C=O) groups is 1. The van der Waals surface area contributed by atoms with E-state index in [1.807, 2.05) is 36.4 Å². The molecule has 0 saturated heterocycles. The lowest BCUT2D eigenvalue weighted by atomic mass is 10.0. The molecule has 0 unspecified atom stereocenters. The molecule has 0 spiro atoms. The van der Waals surface area contributed by atoms with Crippen molar-refractivity contribution in [2.24, 2.45) is 10.9 Å². The van der Waals surface area contributed by atoms with Crippen molar-refractivity contribution < 1.29 is 9.18 Å². The summed E-state index contributed by atoms with van der Waals surface area (Å²) in [7, 11) is 0. The van der Waals surface area contributed by atoms with E-state index >= 15 is 0 Å². The van der Waals surface area contributed by atoms with Gasteiger partial charge in [0.05, 0.1) is 11.4 Å². The molecule has 30 heavy (non-hydrogen) atoms. The lowest BCUT2D eigenvalue weighted by Crippen LogP contribution is -2.25. The fraction of sp³-hybridized carbons (Fsp3) is 0.200. The molecule has 1 aliphatic rings. The van der Waals surface area contributed by atoms with Crippen LogP contribution in [0.1, 0.15) is 41.8 Å². The molecule has 1 amide bonds. The summed E-state index contributed by atoms with van der Waals surface area (Å²) in [6, 6.07) is 20.1. The first-order chi connectivity index (χ1) is 14.5. The van der Waals surface area contributed by atoms with Crippen LogP contribution in [0.3, 0.4) is 0 Å². The second-order valence-electron chi connectivity index (χ2n) is 7.66. The predicted molar refractivity (Wildman–Crippen MR) is 120 cm³/mol. The van der Waals surface area contributed by atoms with Crippen LogP contribution in [0.4, 0.5) is 10.1 Å². The average molecular weight is 419 g/mol. The van der Waals surface area contributed by atoms with Crippen molar-refractivity contribution >= 4 is 29.1 Å². The molecule has 0 aliphatic carbocycles. The number of rotatable bonds is 5. The maximum absolute atomic E-state index is 14.6. The smallest absolute Gasteiger partial charge is 0.251 e. The van der Waals surface area contributed by atoms with E-state index < -0.39 is 0 Å². The summed E-state index contributed by atoms with van der Waals surface area (Å²) < 4.78 is 14.6. The number of carbonyl (C=O) groups excluding carboxylic acids is 1. The minimum atomic E-state index is -0.318. The van der Waals surface area contributed by atoms with Crippen LogP contribution in [0.5, 0.6) is 0 Å². The Bertz CT molecular complexity index is 1120. The van der Waals surface area contributed by atoms with E-state index in [-0.39, 0.29) is 11.7 Å². The van der Waals surface area contributed by atoms with Crippen molar-refractivity contribution in [1.82, 2.24) is 5.32 Å². The number of hydrogen-bond donors (Lipinski definition) is 1. The Hall–Kier alpha value is -2.92. The zero-order chi connectivity index (χ0) is 21.1. The molecule has 0 aromatic heterocycles. The van der Waals surface area contributed by atoms with E-state index in [4.69, 9.17) is 4.99 Å². The molecular formula is C25H23FN2OS. The number of nitrogens with zero attached hydrogens (tertiary/aromatic N) is 1. The van der Waals surface area contributed by atoms with E-state index in [0.29, 0.717) is 35.0 Å². The van der Waals surface area contributed by atoms with Crippen molar-refractivity contribution in [3.8, 4) is 0 Å². The quantitative estimate of drug-likeness (QED) is 0.417. The molecule has 1 N–H and O–H groups in total. The predicted octanol–water partition coefficient (Wildman–Crippen LogP) is 6.24. The first-order valence-corrected chi connectivity index (χ1v) is 10.9. The van der Waals surface area contributed by atoms with Gasteiger partial charge >= 0.3 is 0 Å². The van der Waals surface area contributed by atoms with Gasteiger partial charge in [-0.25, -0.2) is 9.38 Å². The third kappa shape index (κ3) is 4.31. The highest BCUT2D eigenvalue weighted by molar-refractivity contribution is 7.99. The van der Waals surface area contributed by atoms with Gasteiger partial charge in [0, 0.05) is 33.0 Å². The minimum Gasteiger partial charge on any atom is -0.352 e. The molecule has 152 valence electrons. The van der Waals surface area contributed by atoms with Crippen molar-refractivity contribution in [2.45, 2.75) is 30.1 Å². The molecule has 0 radical (unpaired) electrons. The fourth-order valence-corrected chi connectivity index (χ4v) is 4.32. The summed E-state index contributed by atoms with van der Waals surface area (Å²) in [6.45, 7) is 4.89. The second kappa shape index (κ2) is 8.84. The monoisotopic (exact) mass is 418 g/mol. The number of fused-ring (bicyclic) bond motifs is 2. The Morgan fingerprint density at radius 3 is 2.50 bits per heavy atom. The molecule has 1 aliphatic heterocycles. The lowest BCUT2D eigenvalue weighted by Gasteiger charge is -2.09. The Balaban J connectivity index is 1.76. The molecule has 1 heterocycles. The maximum Gasteiger partial charge on any atom is 0.251 e. The van der Waals surface area contributed by atoms with Crippen molar-refractivity contribution in [2.75, 3.05) is 6.54 Å². The molecule has 4 rings (SSSR count). The number of amides is 1. The summed E-state index contributed by atoms with van der Waals surface area (Å²) in [6.07, 6.45) is 0.928. The number of aliphatic imine (C=N–C) groups is 1. The van der Waals surface area contributed by atoms with E-state index in [0.717, 1.165) is 21.8 Å². The first-order valence-electron chi connectivity index (χ1n) is 10.1. The summed E-state index contributed by atoms with van der Waals surface area (Å²) in [5.74, 6) is 0.0927. The molecule has 3 nitrogen and oxygen atoms in total. The second-order valence-corrected chi connectivity index (χ2v) is 8.74. The van der Waals surface area contributed by atoms with Crippen molar-refractivity contribution in [3.63, 3.8) is 0 Å². The molecule has 0 saturated carbocycles. The minimum absolute atomic E-state index is 0.118. The Labute approximate surface area is 180 Å². The summed E-state index contributed by atoms with van der Waals surface area (Å²) in [5, 5.41) is 2.97. The van der Waals surface area contributed by atoms with Gasteiger partial charge in [-0.1, -0.05) is 55.9 Å². The van der Waals surface area contributed by atoms with Gasteiger partial charge in [-0.15, -0.1) is 0 Å². The molecule has 0 fully saturated rings. The van der Waals surface area contributed by atoms with Crippen LogP contribution in [0, 0.1) is 11.7 Å². The highest BCUT2D eigenvalue weighted by atomic mass is 32.2. The van der Waals surface area contributed by atoms with Crippen LogP contribution in [0.2, 0.25) is 0 Å². The topological polar surface area (TPSA) is 41.5 Å². The molecule has 3 aromatic rings. The van der Waals surface area contributed by atoms with Gasteiger partial charge < -0.3 is 5.32 Å². The fourth-order valence-electron chi connectivity index (χ4n) is 3.32. The number of benzene rings is 3. The summed E-state index contributed by atoms with van der Waals surface area (Å²) in [5.41, 5.74) is 3.14. The van der Waals surface area contributed by atoms with Crippen LogP contribution in [-0.4, -0.2) is 18.2 Å². The van der Waals surface area contributed by atoms with Crippen LogP contribution in [-0.2, 0) is 0 Å². The van der Waals surface area contributed by atoms with E-state index in [1.165, 1.54) is 6.07 Å². The summed E-state index contributed by atoms with van der Waals surface area (Å²) in [4.78, 5) is 19.4. The SMILES string of the molecule is CC(C)CCNC(=O)c1ccc2c(c1)N=C(c1ccccc1F)c1ccccc1S2. The van der Waals surface area contributed by atoms with E-state index in [1.54, 1.807) is 36.0 Å². The largest absolute Gasteiger partial charge is 0.352 e. The third-order valence-corrected chi connectivity index (χ3v) is 6.09. The Morgan fingerprint density at radius 1 is 1.00 bits per heavy atom. The third-order valence-electron chi connectivity index (χ3n) is 4.95. The van der Waals surface area contributed by atoms with Gasteiger partial charge in [-0.2, -0.15) is 0 Å². The van der Waals surface area contributed by atoms with Crippen LogP contribution in [0.25, 0.3) is 0 Å². The van der Waals surface area contributed by atoms with Gasteiger partial charge in [-0.3, -0.25) is 4.79 Å². The maximum atomic E-state index is 14.6. The zero-order valence-corrected chi connectivity index (χ0v) is 17.8. The molecule has 0 atom stereocenters. The number of halogens is 1. The van der Waals surface area contributed by atoms with Crippen molar-refractivity contribution in [3.05, 3.63) is 89.2 Å². The molecular weight excluding hydrogens is 395 g/mol. The van der Waals surface area contributed by atoms with Gasteiger partial charge in [0.15, 0.2) is 0 Å². The first kappa shape index (κ1) is 20.4. The standard InChI is InChI=1S/C25H23FN2OS/c1-16(2)13-14-27-25(29)17-11-12-23-21(15-17)28-24(18-7-3-5-9-20(18)26)19-8-4-6-10-22(19)30-23/h3-12,15-16H,13-14H2,1-2H3,(H,27,29). The molecule has 5 heteroatoms. The Morgan fingerprint density at radius 2 is 1.73 bits per heavy atom. The average Bonchev–Trinajstić information content (AvgIpc) is 2.90. The van der Waals surface area contributed by atoms with Crippen molar-refractivity contribution in [1.29, 1.82) is 0 Å². The van der Waals surface area contributed by atoms with Crippen LogP contribution in [0.15, 0.2) is 81.5 Å². The normalized spacial score (nSPS) is 12.6. The molecule has 0 bridgehead atoms. The number of hydrogen-bond acceptors (Lipinski definition) is 3. The number of nitrogens with one attached hydrogen (secondary N) is 1. The highest BCUT2D eigenvalue weighted by Crippen LogP contribution is 2.41. The Kier molecular flexibility index (Phi) is 6.00. The summed E-state index contributed by atoms with van der Waals surface area (Å²) >= 11 is 1.58. The lowest BCUT2D eigenvalue weighted by molar-refractivity contribution is 0.0952. The van der Waals surface area contributed by atoms with Gasteiger partial charge in [0.1, 0.15) is 5.82 Å². The molecule has 3 aromatic carbocycles. The van der Waals surface area contributed by atoms with Gasteiger partial charge in [0.25, 0.3) is 5.91 Å². The van der Waals surface area contributed by atoms with E-state index in [2.05, 4.69) is 19.2 Å². The van der Waals surface area contributed by atoms with E-state index in [9.17, 15) is 9.18 Å². The zero-order valence-electron chi connectivity index (χ0n) is 17.0. The van der Waals surface area contributed by atoms with Crippen LogP contribution >= 0.6 is 11.8 Å².